The van der Waals surface area contributed by atoms with Crippen molar-refractivity contribution < 1.29 is 23.9 Å². The van der Waals surface area contributed by atoms with Gasteiger partial charge in [0.2, 0.25) is 17.7 Å². The van der Waals surface area contributed by atoms with Crippen LogP contribution < -0.4 is 16.4 Å². The van der Waals surface area contributed by atoms with E-state index in [0.717, 1.165) is 24.0 Å². The minimum Gasteiger partial charge on any atom is -0.444 e. The molecule has 4 amide bonds. The molecule has 0 aliphatic carbocycles. The van der Waals surface area contributed by atoms with Gasteiger partial charge in [0.25, 0.3) is 0 Å². The van der Waals surface area contributed by atoms with Gasteiger partial charge >= 0.3 is 6.09 Å². The van der Waals surface area contributed by atoms with E-state index in [1.165, 1.54) is 4.90 Å². The number of aryl methyl sites for hydroxylation is 2. The summed E-state index contributed by atoms with van der Waals surface area (Å²) in [7, 11) is 0. The fraction of sp³-hybridized carbons (Fsp3) is 0.630. The molecule has 2 atom stereocenters. The lowest BCUT2D eigenvalue weighted by atomic mass is 9.93. The number of amides is 4. The van der Waals surface area contributed by atoms with E-state index in [0.29, 0.717) is 12.1 Å². The van der Waals surface area contributed by atoms with Gasteiger partial charge in [0.05, 0.1) is 6.42 Å². The molecule has 202 valence electrons. The van der Waals surface area contributed by atoms with Crippen LogP contribution in [-0.4, -0.2) is 52.4 Å². The molecule has 36 heavy (non-hydrogen) atoms. The van der Waals surface area contributed by atoms with Crippen LogP contribution in [-0.2, 0) is 19.1 Å². The molecule has 0 spiro atoms. The smallest absolute Gasteiger partial charge is 0.408 e. The normalized spacial score (nSPS) is 13.4. The molecule has 1 aromatic rings. The molecule has 1 rings (SSSR count). The number of alkyl carbamates (subject to hydrolysis) is 1. The van der Waals surface area contributed by atoms with Gasteiger partial charge in [0.1, 0.15) is 17.7 Å². The first-order chi connectivity index (χ1) is 16.5. The first-order valence-corrected chi connectivity index (χ1v) is 12.4. The SMILES string of the molecule is CCCCNC(=O)C(c1cc(C)cc(C)c1)N(C(=O)C(CC(N)=O)NC(=O)OC(C)(C)C)C(C)(C)C. The van der Waals surface area contributed by atoms with Crippen LogP contribution in [0.25, 0.3) is 0 Å². The van der Waals surface area contributed by atoms with E-state index >= 15 is 0 Å². The van der Waals surface area contributed by atoms with E-state index in [-0.39, 0.29) is 5.91 Å². The quantitative estimate of drug-likeness (QED) is 0.419. The summed E-state index contributed by atoms with van der Waals surface area (Å²) in [6, 6.07) is 3.41. The number of nitrogens with one attached hydrogen (secondary N) is 2. The lowest BCUT2D eigenvalue weighted by Gasteiger charge is -2.43. The first kappa shape index (κ1) is 30.9. The number of carbonyl (C=O) groups is 4. The number of rotatable bonds is 10. The van der Waals surface area contributed by atoms with Crippen LogP contribution in [0.3, 0.4) is 0 Å². The van der Waals surface area contributed by atoms with Gasteiger partial charge in [-0.2, -0.15) is 0 Å². The molecule has 0 saturated carbocycles. The minimum absolute atomic E-state index is 0.341. The molecule has 0 radical (unpaired) electrons. The van der Waals surface area contributed by atoms with E-state index in [2.05, 4.69) is 10.6 Å². The second-order valence-electron chi connectivity index (χ2n) is 11.2. The number of unbranched alkanes of at least 4 members (excludes halogenated alkanes) is 1. The van der Waals surface area contributed by atoms with Crippen molar-refractivity contribution >= 4 is 23.8 Å². The van der Waals surface area contributed by atoms with E-state index in [9.17, 15) is 19.2 Å². The summed E-state index contributed by atoms with van der Waals surface area (Å²) >= 11 is 0. The highest BCUT2D eigenvalue weighted by atomic mass is 16.6. The zero-order valence-electron chi connectivity index (χ0n) is 23.3. The Morgan fingerprint density at radius 1 is 1.00 bits per heavy atom. The maximum Gasteiger partial charge on any atom is 0.408 e. The minimum atomic E-state index is -1.31. The van der Waals surface area contributed by atoms with Gasteiger partial charge in [0.15, 0.2) is 0 Å². The van der Waals surface area contributed by atoms with Gasteiger partial charge in [-0.1, -0.05) is 42.7 Å². The van der Waals surface area contributed by atoms with Gasteiger partial charge in [-0.05, 0) is 67.4 Å². The summed E-state index contributed by atoms with van der Waals surface area (Å²) < 4.78 is 5.30. The number of nitrogens with zero attached hydrogens (tertiary/aromatic N) is 1. The molecule has 1 aromatic carbocycles. The number of ether oxygens (including phenoxy) is 1. The van der Waals surface area contributed by atoms with Gasteiger partial charge in [-0.15, -0.1) is 0 Å². The average Bonchev–Trinajstić information content (AvgIpc) is 2.67. The number of hydrogen-bond acceptors (Lipinski definition) is 5. The fourth-order valence-electron chi connectivity index (χ4n) is 3.93. The highest BCUT2D eigenvalue weighted by molar-refractivity contribution is 5.95. The van der Waals surface area contributed by atoms with Crippen molar-refractivity contribution in [1.29, 1.82) is 0 Å². The standard InChI is InChI=1S/C27H44N4O5/c1-10-11-12-29-23(33)22(19-14-17(2)13-18(3)15-19)31(26(4,5)6)24(34)20(16-21(28)32)30-25(35)36-27(7,8)9/h13-15,20,22H,10-12,16H2,1-9H3,(H2,28,32)(H,29,33)(H,30,35). The van der Waals surface area contributed by atoms with Crippen molar-refractivity contribution in [2.75, 3.05) is 6.54 Å². The van der Waals surface area contributed by atoms with Gasteiger partial charge in [0, 0.05) is 12.1 Å². The Labute approximate surface area is 215 Å². The zero-order chi connectivity index (χ0) is 27.8. The highest BCUT2D eigenvalue weighted by Crippen LogP contribution is 2.31. The summed E-state index contributed by atoms with van der Waals surface area (Å²) in [5.74, 6) is -1.72. The Morgan fingerprint density at radius 3 is 2.00 bits per heavy atom. The number of nitrogens with two attached hydrogens (primary N) is 1. The predicted molar refractivity (Wildman–Crippen MR) is 140 cm³/mol. The second kappa shape index (κ2) is 12.7. The number of hydrogen-bond donors (Lipinski definition) is 3. The fourth-order valence-corrected chi connectivity index (χ4v) is 3.93. The summed E-state index contributed by atoms with van der Waals surface area (Å²) in [6.45, 7) is 16.8. The van der Waals surface area contributed by atoms with Crippen LogP contribution in [0.15, 0.2) is 18.2 Å². The van der Waals surface area contributed by atoms with E-state index in [4.69, 9.17) is 10.5 Å². The molecule has 9 heteroatoms. The Kier molecular flexibility index (Phi) is 10.9. The lowest BCUT2D eigenvalue weighted by molar-refractivity contribution is -0.149. The maximum atomic E-state index is 14.0. The molecular weight excluding hydrogens is 460 g/mol. The number of benzene rings is 1. The topological polar surface area (TPSA) is 131 Å². The van der Waals surface area contributed by atoms with Crippen LogP contribution in [0, 0.1) is 13.8 Å². The molecule has 9 nitrogen and oxygen atoms in total. The summed E-state index contributed by atoms with van der Waals surface area (Å²) in [5, 5.41) is 5.44. The molecule has 0 fully saturated rings. The third-order valence-corrected chi connectivity index (χ3v) is 5.25. The molecule has 0 saturated heterocycles. The van der Waals surface area contributed by atoms with Gasteiger partial charge in [-0.25, -0.2) is 4.79 Å². The molecule has 2 unspecified atom stereocenters. The van der Waals surface area contributed by atoms with Crippen molar-refractivity contribution in [2.45, 2.75) is 105 Å². The van der Waals surface area contributed by atoms with Crippen LogP contribution in [0.2, 0.25) is 0 Å². The van der Waals surface area contributed by atoms with Crippen LogP contribution >= 0.6 is 0 Å². The molecule has 0 heterocycles. The first-order valence-electron chi connectivity index (χ1n) is 12.4. The van der Waals surface area contributed by atoms with Crippen molar-refractivity contribution in [3.8, 4) is 0 Å². The van der Waals surface area contributed by atoms with Crippen LogP contribution in [0.4, 0.5) is 4.79 Å². The number of carbonyl (C=O) groups excluding carboxylic acids is 4. The predicted octanol–water partition coefficient (Wildman–Crippen LogP) is 3.66. The summed E-state index contributed by atoms with van der Waals surface area (Å²) in [4.78, 5) is 53.4. The van der Waals surface area contributed by atoms with Gasteiger partial charge < -0.3 is 26.0 Å². The molecule has 0 aromatic heterocycles. The second-order valence-corrected chi connectivity index (χ2v) is 11.2. The molecular formula is C27H44N4O5. The Hall–Kier alpha value is -3.10. The summed E-state index contributed by atoms with van der Waals surface area (Å²) in [6.07, 6.45) is 0.393. The molecule has 4 N–H and O–H groups in total. The monoisotopic (exact) mass is 504 g/mol. The highest BCUT2D eigenvalue weighted by Gasteiger charge is 2.42. The van der Waals surface area contributed by atoms with Crippen molar-refractivity contribution in [1.82, 2.24) is 15.5 Å². The van der Waals surface area contributed by atoms with E-state index < -0.39 is 47.6 Å². The van der Waals surface area contributed by atoms with E-state index in [1.807, 2.05) is 39.0 Å². The number of primary amides is 1. The Morgan fingerprint density at radius 2 is 1.56 bits per heavy atom. The van der Waals surface area contributed by atoms with Gasteiger partial charge in [-0.3, -0.25) is 14.4 Å². The Balaban J connectivity index is 3.60. The van der Waals surface area contributed by atoms with Crippen LogP contribution in [0.1, 0.15) is 90.5 Å². The van der Waals surface area contributed by atoms with Crippen molar-refractivity contribution in [2.24, 2.45) is 5.73 Å². The molecule has 0 aliphatic rings. The lowest BCUT2D eigenvalue weighted by Crippen LogP contribution is -2.59. The molecule has 0 bridgehead atoms. The Bertz CT molecular complexity index is 926. The average molecular weight is 505 g/mol. The largest absolute Gasteiger partial charge is 0.444 e. The van der Waals surface area contributed by atoms with Crippen molar-refractivity contribution in [3.63, 3.8) is 0 Å². The maximum absolute atomic E-state index is 14.0. The molecule has 0 aliphatic heterocycles. The third kappa shape index (κ3) is 9.87. The van der Waals surface area contributed by atoms with E-state index in [1.54, 1.807) is 41.5 Å². The third-order valence-electron chi connectivity index (χ3n) is 5.25. The van der Waals surface area contributed by atoms with Crippen LogP contribution in [0.5, 0.6) is 0 Å². The zero-order valence-corrected chi connectivity index (χ0v) is 23.3. The van der Waals surface area contributed by atoms with Crippen molar-refractivity contribution in [3.05, 3.63) is 34.9 Å². The summed E-state index contributed by atoms with van der Waals surface area (Å²) in [5.41, 5.74) is 6.29.